The first kappa shape index (κ1) is 15.5. The highest BCUT2D eigenvalue weighted by molar-refractivity contribution is 7.91. The molecular weight excluding hydrogens is 302 g/mol. The maximum Gasteiger partial charge on any atom is 0.242 e. The van der Waals surface area contributed by atoms with Crippen LogP contribution in [0.1, 0.15) is 12.1 Å². The summed E-state index contributed by atoms with van der Waals surface area (Å²) in [7, 11) is -4.88. The fourth-order valence-corrected chi connectivity index (χ4v) is 5.34. The quantitative estimate of drug-likeness (QED) is 0.737. The molecule has 1 aliphatic heterocycles. The van der Waals surface area contributed by atoms with E-state index < -0.39 is 19.9 Å². The zero-order valence-corrected chi connectivity index (χ0v) is 12.9. The van der Waals surface area contributed by atoms with E-state index in [2.05, 4.69) is 4.72 Å². The molecule has 0 aliphatic carbocycles. The van der Waals surface area contributed by atoms with Crippen LogP contribution in [0.25, 0.3) is 0 Å². The minimum Gasteiger partial charge on any atom is -0.352 e. The highest BCUT2D eigenvalue weighted by Gasteiger charge is 2.29. The summed E-state index contributed by atoms with van der Waals surface area (Å²) in [5, 5.41) is 0. The Bertz CT molecular complexity index is 691. The molecule has 0 saturated carbocycles. The predicted octanol–water partition coefficient (Wildman–Crippen LogP) is -0.803. The molecule has 1 aliphatic rings. The van der Waals surface area contributed by atoms with Crippen LogP contribution in [0.3, 0.4) is 0 Å². The van der Waals surface area contributed by atoms with Crippen molar-refractivity contribution in [2.75, 3.05) is 18.1 Å². The number of sulfonamides is 1. The average Bonchev–Trinajstić information content (AvgIpc) is 2.90. The molecule has 1 aromatic rings. The molecule has 1 atom stereocenters. The van der Waals surface area contributed by atoms with Gasteiger partial charge >= 0.3 is 0 Å². The highest BCUT2D eigenvalue weighted by Crippen LogP contribution is 2.19. The Morgan fingerprint density at radius 2 is 2.20 bits per heavy atom. The van der Waals surface area contributed by atoms with Crippen LogP contribution in [-0.2, 0) is 33.5 Å². The molecule has 2 rings (SSSR count). The van der Waals surface area contributed by atoms with E-state index in [9.17, 15) is 16.8 Å². The summed E-state index contributed by atoms with van der Waals surface area (Å²) < 4.78 is 51.0. The average molecular weight is 321 g/mol. The topological polar surface area (TPSA) is 111 Å². The van der Waals surface area contributed by atoms with Crippen LogP contribution in [0.15, 0.2) is 17.2 Å². The number of nitrogens with zero attached hydrogens (tertiary/aromatic N) is 1. The first-order valence-corrected chi connectivity index (χ1v) is 9.59. The van der Waals surface area contributed by atoms with Gasteiger partial charge in [0, 0.05) is 32.0 Å². The van der Waals surface area contributed by atoms with Crippen LogP contribution in [0.5, 0.6) is 0 Å². The first-order valence-electron chi connectivity index (χ1n) is 6.29. The predicted molar refractivity (Wildman–Crippen MR) is 75.3 cm³/mol. The lowest BCUT2D eigenvalue weighted by atomic mass is 10.1. The van der Waals surface area contributed by atoms with E-state index in [0.29, 0.717) is 12.1 Å². The van der Waals surface area contributed by atoms with Gasteiger partial charge in [-0.1, -0.05) is 0 Å². The summed E-state index contributed by atoms with van der Waals surface area (Å²) in [5.74, 6) is 0.0490. The molecule has 0 radical (unpaired) electrons. The zero-order chi connectivity index (χ0) is 15.0. The first-order chi connectivity index (χ1) is 9.23. The minimum atomic E-state index is -3.62. The smallest absolute Gasteiger partial charge is 0.242 e. The zero-order valence-electron chi connectivity index (χ0n) is 11.2. The van der Waals surface area contributed by atoms with Gasteiger partial charge in [-0.2, -0.15) is 0 Å². The molecule has 1 fully saturated rings. The van der Waals surface area contributed by atoms with Crippen molar-refractivity contribution in [1.82, 2.24) is 9.29 Å². The summed E-state index contributed by atoms with van der Waals surface area (Å²) in [6.45, 7) is 0.404. The molecule has 7 nitrogen and oxygen atoms in total. The van der Waals surface area contributed by atoms with Crippen molar-refractivity contribution in [2.45, 2.75) is 17.9 Å². The Morgan fingerprint density at radius 1 is 1.50 bits per heavy atom. The van der Waals surface area contributed by atoms with Gasteiger partial charge in [-0.15, -0.1) is 0 Å². The van der Waals surface area contributed by atoms with E-state index >= 15 is 0 Å². The van der Waals surface area contributed by atoms with Crippen molar-refractivity contribution in [1.29, 1.82) is 0 Å². The minimum absolute atomic E-state index is 0.0539. The Hall–Kier alpha value is -0.900. The molecule has 0 aromatic carbocycles. The number of hydrogen-bond acceptors (Lipinski definition) is 5. The second kappa shape index (κ2) is 5.47. The molecule has 0 spiro atoms. The Balaban J connectivity index is 2.04. The van der Waals surface area contributed by atoms with Crippen molar-refractivity contribution in [3.8, 4) is 0 Å². The normalized spacial score (nSPS) is 22.2. The van der Waals surface area contributed by atoms with E-state index in [1.54, 1.807) is 11.6 Å². The molecule has 20 heavy (non-hydrogen) atoms. The number of aromatic nitrogens is 1. The monoisotopic (exact) mass is 321 g/mol. The molecule has 0 amide bonds. The van der Waals surface area contributed by atoms with Gasteiger partial charge in [0.05, 0.1) is 16.4 Å². The molecule has 3 N–H and O–H groups in total. The largest absolute Gasteiger partial charge is 0.352 e. The molecule has 9 heteroatoms. The van der Waals surface area contributed by atoms with Gasteiger partial charge < -0.3 is 10.3 Å². The maximum atomic E-state index is 12.1. The second-order valence-electron chi connectivity index (χ2n) is 5.10. The molecule has 1 unspecified atom stereocenters. The van der Waals surface area contributed by atoms with Crippen molar-refractivity contribution >= 4 is 19.9 Å². The Kier molecular flexibility index (Phi) is 4.24. The van der Waals surface area contributed by atoms with Gasteiger partial charge in [0.2, 0.25) is 10.0 Å². The highest BCUT2D eigenvalue weighted by atomic mass is 32.2. The van der Waals surface area contributed by atoms with Gasteiger partial charge in [0.15, 0.2) is 9.84 Å². The summed E-state index contributed by atoms with van der Waals surface area (Å²) in [5.41, 5.74) is 6.22. The fraction of sp³-hybridized carbons (Fsp3) is 0.636. The van der Waals surface area contributed by atoms with E-state index in [1.807, 2.05) is 0 Å². The van der Waals surface area contributed by atoms with E-state index in [4.69, 9.17) is 5.73 Å². The lowest BCUT2D eigenvalue weighted by molar-refractivity contribution is 0.543. The third kappa shape index (κ3) is 3.40. The lowest BCUT2D eigenvalue weighted by Gasteiger charge is -2.09. The van der Waals surface area contributed by atoms with Gasteiger partial charge in [-0.3, -0.25) is 0 Å². The number of sulfone groups is 1. The second-order valence-corrected chi connectivity index (χ2v) is 9.10. The lowest BCUT2D eigenvalue weighted by Crippen LogP contribution is -2.29. The van der Waals surface area contributed by atoms with Crippen molar-refractivity contribution in [2.24, 2.45) is 18.7 Å². The number of nitrogens with one attached hydrogen (secondary N) is 1. The van der Waals surface area contributed by atoms with Gasteiger partial charge in [0.25, 0.3) is 0 Å². The summed E-state index contributed by atoms with van der Waals surface area (Å²) in [6.07, 6.45) is 2.00. The maximum absolute atomic E-state index is 12.1. The van der Waals surface area contributed by atoms with Crippen LogP contribution in [0, 0.1) is 5.92 Å². The van der Waals surface area contributed by atoms with Crippen LogP contribution >= 0.6 is 0 Å². The van der Waals surface area contributed by atoms with E-state index in [-0.39, 0.29) is 35.4 Å². The molecule has 114 valence electrons. The number of rotatable bonds is 5. The Labute approximate surface area is 119 Å². The standard InChI is InChI=1S/C11H19N3O4S2/c1-14-7-11(4-10(14)5-12)20(17,18)13-6-9-2-3-19(15,16)8-9/h4,7,9,13H,2-3,5-6,8,12H2,1H3. The van der Waals surface area contributed by atoms with Crippen molar-refractivity contribution in [3.05, 3.63) is 18.0 Å². The third-order valence-corrected chi connectivity index (χ3v) is 6.72. The molecule has 1 saturated heterocycles. The summed E-state index contributed by atoms with van der Waals surface area (Å²) in [6, 6.07) is 1.52. The number of hydrogen-bond donors (Lipinski definition) is 2. The van der Waals surface area contributed by atoms with Crippen LogP contribution < -0.4 is 10.5 Å². The fourth-order valence-electron chi connectivity index (χ4n) is 2.27. The summed E-state index contributed by atoms with van der Waals surface area (Å²) in [4.78, 5) is 0.154. The SMILES string of the molecule is Cn1cc(S(=O)(=O)NCC2CCS(=O)(=O)C2)cc1CN. The van der Waals surface area contributed by atoms with Crippen LogP contribution in [0.2, 0.25) is 0 Å². The van der Waals surface area contributed by atoms with Crippen molar-refractivity contribution < 1.29 is 16.8 Å². The van der Waals surface area contributed by atoms with Gasteiger partial charge in [-0.05, 0) is 18.4 Å². The molecule has 2 heterocycles. The molecule has 0 bridgehead atoms. The molecular formula is C11H19N3O4S2. The van der Waals surface area contributed by atoms with Crippen LogP contribution in [0.4, 0.5) is 0 Å². The summed E-state index contributed by atoms with van der Waals surface area (Å²) >= 11 is 0. The van der Waals surface area contributed by atoms with Gasteiger partial charge in [-0.25, -0.2) is 21.6 Å². The Morgan fingerprint density at radius 3 is 2.70 bits per heavy atom. The van der Waals surface area contributed by atoms with E-state index in [1.165, 1.54) is 12.3 Å². The van der Waals surface area contributed by atoms with Crippen LogP contribution in [-0.4, -0.2) is 39.5 Å². The number of nitrogens with two attached hydrogens (primary N) is 1. The molecule has 1 aromatic heterocycles. The number of aryl methyl sites for hydroxylation is 1. The van der Waals surface area contributed by atoms with Crippen molar-refractivity contribution in [3.63, 3.8) is 0 Å². The van der Waals surface area contributed by atoms with E-state index in [0.717, 1.165) is 0 Å². The van der Waals surface area contributed by atoms with Gasteiger partial charge in [0.1, 0.15) is 0 Å². The third-order valence-electron chi connectivity index (χ3n) is 3.49.